The molecule has 1 saturated heterocycles. The average molecular weight is 396 g/mol. The largest absolute Gasteiger partial charge is 0.301 e. The monoisotopic (exact) mass is 394 g/mol. The highest BCUT2D eigenvalue weighted by molar-refractivity contribution is 9.10. The van der Waals surface area contributed by atoms with Crippen molar-refractivity contribution >= 4 is 37.6 Å². The minimum atomic E-state index is -3.50. The second kappa shape index (κ2) is 7.42. The van der Waals surface area contributed by atoms with Gasteiger partial charge in [-0.05, 0) is 31.2 Å². The second-order valence-corrected chi connectivity index (χ2v) is 8.40. The topological polar surface area (TPSA) is 40.6 Å². The van der Waals surface area contributed by atoms with Crippen LogP contribution in [0.4, 0.5) is 0 Å². The molecule has 1 aromatic rings. The fourth-order valence-electron chi connectivity index (χ4n) is 2.40. The Morgan fingerprint density at radius 1 is 1.24 bits per heavy atom. The van der Waals surface area contributed by atoms with Crippen molar-refractivity contribution in [2.24, 2.45) is 0 Å². The SMILES string of the molecule is CCCCN1CCN(S(=O)(=O)c2ccc(Br)cc2Cl)CC1. The average Bonchev–Trinajstić information content (AvgIpc) is 2.45. The zero-order valence-corrected chi connectivity index (χ0v) is 15.2. The Hall–Kier alpha value is -0.140. The van der Waals surface area contributed by atoms with Gasteiger partial charge in [0.1, 0.15) is 4.90 Å². The fraction of sp³-hybridized carbons (Fsp3) is 0.571. The van der Waals surface area contributed by atoms with Crippen LogP contribution in [0.1, 0.15) is 19.8 Å². The molecule has 7 heteroatoms. The zero-order valence-electron chi connectivity index (χ0n) is 12.1. The van der Waals surface area contributed by atoms with Crippen molar-refractivity contribution < 1.29 is 8.42 Å². The summed E-state index contributed by atoms with van der Waals surface area (Å²) in [4.78, 5) is 2.51. The minimum Gasteiger partial charge on any atom is -0.301 e. The Morgan fingerprint density at radius 3 is 2.48 bits per heavy atom. The van der Waals surface area contributed by atoms with Gasteiger partial charge in [-0.1, -0.05) is 40.9 Å². The molecule has 0 aromatic heterocycles. The van der Waals surface area contributed by atoms with E-state index >= 15 is 0 Å². The fourth-order valence-corrected chi connectivity index (χ4v) is 4.83. The summed E-state index contributed by atoms with van der Waals surface area (Å²) < 4.78 is 27.6. The van der Waals surface area contributed by atoms with Crippen LogP contribution in [0.15, 0.2) is 27.6 Å². The van der Waals surface area contributed by atoms with Crippen molar-refractivity contribution in [3.63, 3.8) is 0 Å². The van der Waals surface area contributed by atoms with Gasteiger partial charge in [0, 0.05) is 30.7 Å². The summed E-state index contributed by atoms with van der Waals surface area (Å²) in [6.45, 7) is 5.83. The first-order chi connectivity index (χ1) is 9.95. The molecular formula is C14H20BrClN2O2S. The summed E-state index contributed by atoms with van der Waals surface area (Å²) in [7, 11) is -3.50. The van der Waals surface area contributed by atoms with Crippen molar-refractivity contribution in [1.29, 1.82) is 0 Å². The quantitative estimate of drug-likeness (QED) is 0.768. The highest BCUT2D eigenvalue weighted by atomic mass is 79.9. The Bertz CT molecular complexity index is 587. The number of hydrogen-bond donors (Lipinski definition) is 0. The molecule has 0 unspecified atom stereocenters. The number of benzene rings is 1. The second-order valence-electron chi connectivity index (χ2n) is 5.17. The normalized spacial score (nSPS) is 18.0. The van der Waals surface area contributed by atoms with E-state index in [9.17, 15) is 8.42 Å². The van der Waals surface area contributed by atoms with Gasteiger partial charge in [-0.2, -0.15) is 4.31 Å². The molecule has 1 aliphatic heterocycles. The molecule has 0 amide bonds. The first kappa shape index (κ1) is 17.2. The highest BCUT2D eigenvalue weighted by Gasteiger charge is 2.29. The van der Waals surface area contributed by atoms with Crippen molar-refractivity contribution in [3.8, 4) is 0 Å². The number of hydrogen-bond acceptors (Lipinski definition) is 3. The van der Waals surface area contributed by atoms with Gasteiger partial charge in [0.25, 0.3) is 0 Å². The van der Waals surface area contributed by atoms with Crippen LogP contribution in [-0.4, -0.2) is 50.3 Å². The van der Waals surface area contributed by atoms with Gasteiger partial charge in [0.2, 0.25) is 10.0 Å². The van der Waals surface area contributed by atoms with Crippen LogP contribution in [0.25, 0.3) is 0 Å². The molecule has 0 spiro atoms. The van der Waals surface area contributed by atoms with Crippen LogP contribution in [-0.2, 0) is 10.0 Å². The maximum absolute atomic E-state index is 12.6. The van der Waals surface area contributed by atoms with E-state index in [4.69, 9.17) is 11.6 Å². The lowest BCUT2D eigenvalue weighted by Gasteiger charge is -2.34. The van der Waals surface area contributed by atoms with Crippen LogP contribution < -0.4 is 0 Å². The maximum Gasteiger partial charge on any atom is 0.244 e. The first-order valence-corrected chi connectivity index (χ1v) is 9.74. The van der Waals surface area contributed by atoms with E-state index in [2.05, 4.69) is 27.8 Å². The van der Waals surface area contributed by atoms with Crippen molar-refractivity contribution in [2.75, 3.05) is 32.7 Å². The molecule has 118 valence electrons. The summed E-state index contributed by atoms with van der Waals surface area (Å²) in [6.07, 6.45) is 2.32. The van der Waals surface area contributed by atoms with E-state index in [0.717, 1.165) is 36.9 Å². The lowest BCUT2D eigenvalue weighted by molar-refractivity contribution is 0.186. The molecule has 1 aliphatic rings. The molecule has 0 atom stereocenters. The molecule has 1 fully saturated rings. The maximum atomic E-state index is 12.6. The Balaban J connectivity index is 2.08. The summed E-state index contributed by atoms with van der Waals surface area (Å²) in [5, 5.41) is 0.262. The van der Waals surface area contributed by atoms with E-state index in [0.29, 0.717) is 13.1 Å². The molecule has 0 radical (unpaired) electrons. The number of piperazine rings is 1. The summed E-state index contributed by atoms with van der Waals surface area (Å²) in [6, 6.07) is 4.88. The standard InChI is InChI=1S/C14H20BrClN2O2S/c1-2-3-6-17-7-9-18(10-8-17)21(19,20)14-5-4-12(15)11-13(14)16/h4-5,11H,2-3,6-10H2,1H3. The van der Waals surface area contributed by atoms with Crippen LogP contribution in [0, 0.1) is 0 Å². The molecule has 0 aliphatic carbocycles. The molecule has 1 aromatic carbocycles. The number of sulfonamides is 1. The van der Waals surface area contributed by atoms with E-state index in [1.165, 1.54) is 4.31 Å². The van der Waals surface area contributed by atoms with Gasteiger partial charge in [0.15, 0.2) is 0 Å². The van der Waals surface area contributed by atoms with Gasteiger partial charge in [-0.3, -0.25) is 0 Å². The van der Waals surface area contributed by atoms with Crippen LogP contribution >= 0.6 is 27.5 Å². The predicted molar refractivity (Wildman–Crippen MR) is 89.3 cm³/mol. The predicted octanol–water partition coefficient (Wildman–Crippen LogP) is 3.21. The van der Waals surface area contributed by atoms with E-state index < -0.39 is 10.0 Å². The Kier molecular flexibility index (Phi) is 6.08. The smallest absolute Gasteiger partial charge is 0.244 e. The molecule has 0 N–H and O–H groups in total. The molecule has 4 nitrogen and oxygen atoms in total. The molecule has 2 rings (SSSR count). The number of nitrogens with zero attached hydrogens (tertiary/aromatic N) is 2. The van der Waals surface area contributed by atoms with Crippen LogP contribution in [0.5, 0.6) is 0 Å². The van der Waals surface area contributed by atoms with Gasteiger partial charge >= 0.3 is 0 Å². The Labute approximate surface area is 140 Å². The van der Waals surface area contributed by atoms with Gasteiger partial charge in [-0.25, -0.2) is 8.42 Å². The molecule has 21 heavy (non-hydrogen) atoms. The number of unbranched alkanes of at least 4 members (excludes halogenated alkanes) is 1. The lowest BCUT2D eigenvalue weighted by Crippen LogP contribution is -2.48. The van der Waals surface area contributed by atoms with E-state index in [1.807, 2.05) is 0 Å². The summed E-state index contributed by atoms with van der Waals surface area (Å²) in [5.41, 5.74) is 0. The van der Waals surface area contributed by atoms with Crippen molar-refractivity contribution in [1.82, 2.24) is 9.21 Å². The van der Waals surface area contributed by atoms with Crippen molar-refractivity contribution in [2.45, 2.75) is 24.7 Å². The highest BCUT2D eigenvalue weighted by Crippen LogP contribution is 2.28. The van der Waals surface area contributed by atoms with Gasteiger partial charge < -0.3 is 4.90 Å². The van der Waals surface area contributed by atoms with Gasteiger partial charge in [0.05, 0.1) is 5.02 Å². The third-order valence-corrected chi connectivity index (χ3v) is 6.55. The number of rotatable bonds is 5. The van der Waals surface area contributed by atoms with Gasteiger partial charge in [-0.15, -0.1) is 0 Å². The third kappa shape index (κ3) is 4.20. The van der Waals surface area contributed by atoms with E-state index in [-0.39, 0.29) is 9.92 Å². The summed E-state index contributed by atoms with van der Waals surface area (Å²) in [5.74, 6) is 0. The summed E-state index contributed by atoms with van der Waals surface area (Å²) >= 11 is 9.38. The molecular weight excluding hydrogens is 376 g/mol. The zero-order chi connectivity index (χ0) is 15.5. The molecule has 0 saturated carbocycles. The first-order valence-electron chi connectivity index (χ1n) is 7.12. The minimum absolute atomic E-state index is 0.189. The van der Waals surface area contributed by atoms with E-state index in [1.54, 1.807) is 18.2 Å². The van der Waals surface area contributed by atoms with Crippen molar-refractivity contribution in [3.05, 3.63) is 27.7 Å². The van der Waals surface area contributed by atoms with Crippen LogP contribution in [0.3, 0.4) is 0 Å². The molecule has 1 heterocycles. The molecule has 0 bridgehead atoms. The number of halogens is 2. The lowest BCUT2D eigenvalue weighted by atomic mass is 10.3. The third-order valence-electron chi connectivity index (χ3n) is 3.67. The van der Waals surface area contributed by atoms with Crippen LogP contribution in [0.2, 0.25) is 5.02 Å². The Morgan fingerprint density at radius 2 is 1.90 bits per heavy atom.